The molecule has 0 spiro atoms. The lowest BCUT2D eigenvalue weighted by molar-refractivity contribution is 1.06. The van der Waals surface area contributed by atoms with Crippen LogP contribution < -0.4 is 5.73 Å². The van der Waals surface area contributed by atoms with Gasteiger partial charge in [0.05, 0.1) is 28.9 Å². The number of imidazole rings is 1. The fourth-order valence-corrected chi connectivity index (χ4v) is 2.45. The molecule has 0 atom stereocenters. The molecule has 98 valence electrons. The molecule has 4 nitrogen and oxygen atoms in total. The number of nitrogen functional groups attached to an aromatic ring is 1. The Morgan fingerprint density at radius 3 is 2.90 bits per heavy atom. The van der Waals surface area contributed by atoms with E-state index in [4.69, 9.17) is 22.6 Å². The standard InChI is InChI=1S/C15H11ClN4/c16-12-5-2-8-20-13(6-7-17)14(19-15(12)20)10-3-1-4-11(18)9-10/h1-5,8-9H,6,18H2. The molecule has 0 aliphatic heterocycles. The summed E-state index contributed by atoms with van der Waals surface area (Å²) in [6.07, 6.45) is 2.11. The quantitative estimate of drug-likeness (QED) is 0.733. The van der Waals surface area contributed by atoms with Crippen molar-refractivity contribution in [2.24, 2.45) is 0 Å². The molecule has 0 aliphatic carbocycles. The van der Waals surface area contributed by atoms with Crippen molar-refractivity contribution in [3.8, 4) is 17.3 Å². The molecule has 0 fully saturated rings. The Balaban J connectivity index is 2.32. The van der Waals surface area contributed by atoms with Crippen LogP contribution in [-0.4, -0.2) is 9.38 Å². The van der Waals surface area contributed by atoms with E-state index < -0.39 is 0 Å². The van der Waals surface area contributed by atoms with Crippen molar-refractivity contribution in [2.45, 2.75) is 6.42 Å². The topological polar surface area (TPSA) is 67.1 Å². The molecule has 2 N–H and O–H groups in total. The third-order valence-electron chi connectivity index (χ3n) is 3.11. The number of hydrogen-bond donors (Lipinski definition) is 1. The number of halogens is 1. The molecule has 0 saturated carbocycles. The van der Waals surface area contributed by atoms with Gasteiger partial charge in [-0.1, -0.05) is 23.7 Å². The highest BCUT2D eigenvalue weighted by Gasteiger charge is 2.15. The van der Waals surface area contributed by atoms with E-state index in [0.29, 0.717) is 16.4 Å². The summed E-state index contributed by atoms with van der Waals surface area (Å²) in [6, 6.07) is 13.2. The van der Waals surface area contributed by atoms with E-state index in [1.807, 2.05) is 40.9 Å². The summed E-state index contributed by atoms with van der Waals surface area (Å²) in [7, 11) is 0. The van der Waals surface area contributed by atoms with Gasteiger partial charge in [0.15, 0.2) is 5.65 Å². The van der Waals surface area contributed by atoms with Crippen molar-refractivity contribution >= 4 is 22.9 Å². The average molecular weight is 283 g/mol. The molecule has 20 heavy (non-hydrogen) atoms. The SMILES string of the molecule is N#CCc1c(-c2cccc(N)c2)nc2c(Cl)cccn12. The summed E-state index contributed by atoms with van der Waals surface area (Å²) < 4.78 is 1.85. The van der Waals surface area contributed by atoms with E-state index in [1.54, 1.807) is 6.07 Å². The van der Waals surface area contributed by atoms with Gasteiger partial charge >= 0.3 is 0 Å². The first kappa shape index (κ1) is 12.5. The highest BCUT2D eigenvalue weighted by atomic mass is 35.5. The van der Waals surface area contributed by atoms with Gasteiger partial charge in [-0.3, -0.25) is 0 Å². The first-order chi connectivity index (χ1) is 9.70. The first-order valence-electron chi connectivity index (χ1n) is 6.09. The van der Waals surface area contributed by atoms with Crippen LogP contribution in [0.15, 0.2) is 42.6 Å². The molecule has 3 rings (SSSR count). The highest BCUT2D eigenvalue weighted by Crippen LogP contribution is 2.28. The van der Waals surface area contributed by atoms with Crippen molar-refractivity contribution in [3.05, 3.63) is 53.3 Å². The van der Waals surface area contributed by atoms with Crippen LogP contribution in [0.1, 0.15) is 5.69 Å². The van der Waals surface area contributed by atoms with E-state index in [-0.39, 0.29) is 6.42 Å². The molecule has 0 saturated heterocycles. The fourth-order valence-electron chi connectivity index (χ4n) is 2.24. The van der Waals surface area contributed by atoms with E-state index in [0.717, 1.165) is 17.0 Å². The predicted octanol–water partition coefficient (Wildman–Crippen LogP) is 3.30. The Bertz CT molecular complexity index is 829. The third kappa shape index (κ3) is 1.98. The second kappa shape index (κ2) is 4.87. The largest absolute Gasteiger partial charge is 0.399 e. The number of nitriles is 1. The van der Waals surface area contributed by atoms with E-state index in [2.05, 4.69) is 11.1 Å². The third-order valence-corrected chi connectivity index (χ3v) is 3.40. The molecule has 1 aromatic carbocycles. The molecule has 2 aromatic heterocycles. The lowest BCUT2D eigenvalue weighted by Crippen LogP contribution is -1.93. The average Bonchev–Trinajstić information content (AvgIpc) is 2.80. The van der Waals surface area contributed by atoms with Crippen molar-refractivity contribution in [2.75, 3.05) is 5.73 Å². The Morgan fingerprint density at radius 1 is 1.30 bits per heavy atom. The monoisotopic (exact) mass is 282 g/mol. The van der Waals surface area contributed by atoms with Crippen LogP contribution in [0.2, 0.25) is 5.02 Å². The van der Waals surface area contributed by atoms with Gasteiger partial charge in [-0.15, -0.1) is 0 Å². The lowest BCUT2D eigenvalue weighted by atomic mass is 10.1. The van der Waals surface area contributed by atoms with Crippen LogP contribution >= 0.6 is 11.6 Å². The Hall–Kier alpha value is -2.51. The highest BCUT2D eigenvalue weighted by molar-refractivity contribution is 6.33. The van der Waals surface area contributed by atoms with Gasteiger partial charge in [-0.05, 0) is 24.3 Å². The van der Waals surface area contributed by atoms with Crippen LogP contribution in [-0.2, 0) is 6.42 Å². The molecule has 0 amide bonds. The second-order valence-corrected chi connectivity index (χ2v) is 4.82. The Labute approximate surface area is 121 Å². The molecule has 0 aliphatic rings. The summed E-state index contributed by atoms with van der Waals surface area (Å²) in [5.41, 5.74) is 9.57. The first-order valence-corrected chi connectivity index (χ1v) is 6.47. The number of hydrogen-bond acceptors (Lipinski definition) is 3. The second-order valence-electron chi connectivity index (χ2n) is 4.42. The fraction of sp³-hybridized carbons (Fsp3) is 0.0667. The summed E-state index contributed by atoms with van der Waals surface area (Å²) >= 11 is 6.17. The van der Waals surface area contributed by atoms with Crippen LogP contribution in [0.25, 0.3) is 16.9 Å². The number of rotatable bonds is 2. The zero-order chi connectivity index (χ0) is 14.1. The molecular formula is C15H11ClN4. The van der Waals surface area contributed by atoms with E-state index >= 15 is 0 Å². The number of benzene rings is 1. The van der Waals surface area contributed by atoms with Gasteiger partial charge in [-0.2, -0.15) is 5.26 Å². The predicted molar refractivity (Wildman–Crippen MR) is 79.4 cm³/mol. The normalized spacial score (nSPS) is 10.6. The molecule has 0 radical (unpaired) electrons. The van der Waals surface area contributed by atoms with Crippen LogP contribution in [0, 0.1) is 11.3 Å². The zero-order valence-corrected chi connectivity index (χ0v) is 11.3. The molecule has 2 heterocycles. The number of aromatic nitrogens is 2. The lowest BCUT2D eigenvalue weighted by Gasteiger charge is -2.02. The zero-order valence-electron chi connectivity index (χ0n) is 10.5. The van der Waals surface area contributed by atoms with Crippen molar-refractivity contribution in [3.63, 3.8) is 0 Å². The smallest absolute Gasteiger partial charge is 0.156 e. The van der Waals surface area contributed by atoms with Crippen LogP contribution in [0.3, 0.4) is 0 Å². The Morgan fingerprint density at radius 2 is 2.15 bits per heavy atom. The number of nitrogens with zero attached hydrogens (tertiary/aromatic N) is 3. The molecule has 3 aromatic rings. The maximum atomic E-state index is 9.04. The maximum Gasteiger partial charge on any atom is 0.156 e. The maximum absolute atomic E-state index is 9.04. The van der Waals surface area contributed by atoms with Crippen LogP contribution in [0.5, 0.6) is 0 Å². The molecule has 0 bridgehead atoms. The van der Waals surface area contributed by atoms with Gasteiger partial charge < -0.3 is 10.1 Å². The number of fused-ring (bicyclic) bond motifs is 1. The van der Waals surface area contributed by atoms with Gasteiger partial charge in [0, 0.05) is 17.4 Å². The summed E-state index contributed by atoms with van der Waals surface area (Å²) in [5, 5.41) is 9.60. The number of pyridine rings is 1. The number of nitrogens with two attached hydrogens (primary N) is 1. The van der Waals surface area contributed by atoms with E-state index in [9.17, 15) is 0 Å². The van der Waals surface area contributed by atoms with Gasteiger partial charge in [-0.25, -0.2) is 4.98 Å². The van der Waals surface area contributed by atoms with Gasteiger partial charge in [0.2, 0.25) is 0 Å². The van der Waals surface area contributed by atoms with Crippen molar-refractivity contribution in [1.29, 1.82) is 5.26 Å². The van der Waals surface area contributed by atoms with Gasteiger partial charge in [0.1, 0.15) is 0 Å². The van der Waals surface area contributed by atoms with E-state index in [1.165, 1.54) is 0 Å². The van der Waals surface area contributed by atoms with Crippen molar-refractivity contribution in [1.82, 2.24) is 9.38 Å². The summed E-state index contributed by atoms with van der Waals surface area (Å²) in [4.78, 5) is 4.57. The Kier molecular flexibility index (Phi) is 3.05. The minimum Gasteiger partial charge on any atom is -0.399 e. The minimum atomic E-state index is 0.256. The van der Waals surface area contributed by atoms with Gasteiger partial charge in [0.25, 0.3) is 0 Å². The summed E-state index contributed by atoms with van der Waals surface area (Å²) in [6.45, 7) is 0. The molecule has 5 heteroatoms. The molecule has 0 unspecified atom stereocenters. The number of anilines is 1. The minimum absolute atomic E-state index is 0.256. The van der Waals surface area contributed by atoms with Crippen molar-refractivity contribution < 1.29 is 0 Å². The summed E-state index contributed by atoms with van der Waals surface area (Å²) in [5.74, 6) is 0. The molecular weight excluding hydrogens is 272 g/mol. The van der Waals surface area contributed by atoms with Crippen LogP contribution in [0.4, 0.5) is 5.69 Å².